The molecule has 100 valence electrons. The van der Waals surface area contributed by atoms with Gasteiger partial charge in [0.05, 0.1) is 7.11 Å². The summed E-state index contributed by atoms with van der Waals surface area (Å²) in [5.74, 6) is 1.07. The zero-order valence-electron chi connectivity index (χ0n) is 11.4. The van der Waals surface area contributed by atoms with Crippen molar-refractivity contribution in [3.05, 3.63) is 36.2 Å². The Morgan fingerprint density at radius 2 is 2.11 bits per heavy atom. The van der Waals surface area contributed by atoms with Crippen LogP contribution in [0.3, 0.4) is 0 Å². The van der Waals surface area contributed by atoms with E-state index in [1.165, 1.54) is 11.9 Å². The molecular formula is C14H18N4O. The molecule has 0 saturated carbocycles. The molecule has 1 aromatic heterocycles. The fourth-order valence-corrected chi connectivity index (χ4v) is 2.00. The normalized spacial score (nSPS) is 10.3. The van der Waals surface area contributed by atoms with E-state index in [1.807, 2.05) is 17.0 Å². The van der Waals surface area contributed by atoms with Gasteiger partial charge in [0.1, 0.15) is 12.0 Å². The summed E-state index contributed by atoms with van der Waals surface area (Å²) in [6.45, 7) is 4.87. The lowest BCUT2D eigenvalue weighted by molar-refractivity contribution is 0.399. The Morgan fingerprint density at radius 1 is 1.32 bits per heavy atom. The van der Waals surface area contributed by atoms with Crippen LogP contribution in [0.4, 0.5) is 17.2 Å². The van der Waals surface area contributed by atoms with Crippen molar-refractivity contribution < 1.29 is 4.74 Å². The third-order valence-corrected chi connectivity index (χ3v) is 2.90. The van der Waals surface area contributed by atoms with Crippen LogP contribution in [-0.2, 0) is 0 Å². The lowest BCUT2D eigenvalue weighted by atomic mass is 10.2. The molecule has 0 radical (unpaired) electrons. The van der Waals surface area contributed by atoms with Crippen LogP contribution < -0.4 is 15.4 Å². The predicted molar refractivity (Wildman–Crippen MR) is 76.9 cm³/mol. The number of ether oxygens (including phenoxy) is 1. The molecular weight excluding hydrogens is 240 g/mol. The minimum atomic E-state index is 0.399. The second-order valence-corrected chi connectivity index (χ2v) is 4.20. The number of methoxy groups -OCH3 is 1. The van der Waals surface area contributed by atoms with E-state index in [0.717, 1.165) is 12.2 Å². The molecule has 0 saturated heterocycles. The number of anilines is 3. The van der Waals surface area contributed by atoms with E-state index >= 15 is 0 Å². The second kappa shape index (κ2) is 5.56. The van der Waals surface area contributed by atoms with E-state index in [9.17, 15) is 0 Å². The Kier molecular flexibility index (Phi) is 3.85. The molecule has 1 aromatic carbocycles. The first-order chi connectivity index (χ1) is 9.17. The molecule has 0 aliphatic carbocycles. The number of nitrogens with zero attached hydrogens (tertiary/aromatic N) is 3. The van der Waals surface area contributed by atoms with Crippen molar-refractivity contribution in [3.63, 3.8) is 0 Å². The Labute approximate surface area is 113 Å². The number of benzene rings is 1. The molecule has 0 aliphatic rings. The van der Waals surface area contributed by atoms with Crippen molar-refractivity contribution >= 4 is 17.2 Å². The van der Waals surface area contributed by atoms with Gasteiger partial charge >= 0.3 is 0 Å². The summed E-state index contributed by atoms with van der Waals surface area (Å²) in [7, 11) is 1.55. The molecule has 19 heavy (non-hydrogen) atoms. The number of nitrogen functional groups attached to an aromatic ring is 1. The largest absolute Gasteiger partial charge is 0.479 e. The minimum absolute atomic E-state index is 0.399. The fourth-order valence-electron chi connectivity index (χ4n) is 2.00. The molecule has 0 unspecified atom stereocenters. The highest BCUT2D eigenvalue weighted by molar-refractivity contribution is 5.74. The van der Waals surface area contributed by atoms with Crippen LogP contribution in [0.1, 0.15) is 12.5 Å². The van der Waals surface area contributed by atoms with Crippen molar-refractivity contribution in [2.45, 2.75) is 13.8 Å². The number of hydrogen-bond donors (Lipinski definition) is 1. The first-order valence-electron chi connectivity index (χ1n) is 6.16. The average molecular weight is 258 g/mol. The summed E-state index contributed by atoms with van der Waals surface area (Å²) < 4.78 is 5.14. The van der Waals surface area contributed by atoms with Crippen LogP contribution in [0.15, 0.2) is 30.6 Å². The summed E-state index contributed by atoms with van der Waals surface area (Å²) in [5, 5.41) is 0. The number of aryl methyl sites for hydroxylation is 1. The van der Waals surface area contributed by atoms with E-state index in [-0.39, 0.29) is 0 Å². The van der Waals surface area contributed by atoms with E-state index in [1.54, 1.807) is 7.11 Å². The summed E-state index contributed by atoms with van der Waals surface area (Å²) in [6, 6.07) is 8.20. The maximum atomic E-state index is 6.05. The molecule has 2 N–H and O–H groups in total. The molecule has 2 rings (SSSR count). The van der Waals surface area contributed by atoms with Gasteiger partial charge in [-0.15, -0.1) is 0 Å². The highest BCUT2D eigenvalue weighted by atomic mass is 16.5. The number of rotatable bonds is 4. The van der Waals surface area contributed by atoms with Crippen LogP contribution in [0.25, 0.3) is 0 Å². The summed E-state index contributed by atoms with van der Waals surface area (Å²) in [4.78, 5) is 10.3. The summed E-state index contributed by atoms with van der Waals surface area (Å²) in [6.07, 6.45) is 1.46. The lowest BCUT2D eigenvalue weighted by Crippen LogP contribution is -2.19. The van der Waals surface area contributed by atoms with Gasteiger partial charge < -0.3 is 15.4 Å². The molecule has 5 nitrogen and oxygen atoms in total. The Bertz CT molecular complexity index is 571. The van der Waals surface area contributed by atoms with Gasteiger partial charge in [0, 0.05) is 12.2 Å². The molecule has 0 fully saturated rings. The molecule has 0 amide bonds. The topological polar surface area (TPSA) is 64.3 Å². The second-order valence-electron chi connectivity index (χ2n) is 4.20. The predicted octanol–water partition coefficient (Wildman–Crippen LogP) is 2.53. The van der Waals surface area contributed by atoms with Crippen LogP contribution >= 0.6 is 0 Å². The van der Waals surface area contributed by atoms with Gasteiger partial charge in [-0.1, -0.05) is 12.1 Å². The first-order valence-corrected chi connectivity index (χ1v) is 6.16. The standard InChI is InChI=1S/C14H18N4O/c1-4-18(11-7-5-6-10(2)8-11)13-12(15)14(19-3)17-9-16-13/h5-9H,4,15H2,1-3H3. The number of nitrogens with two attached hydrogens (primary N) is 1. The van der Waals surface area contributed by atoms with Crippen LogP contribution in [0.5, 0.6) is 5.88 Å². The van der Waals surface area contributed by atoms with Gasteiger partial charge in [0.25, 0.3) is 0 Å². The van der Waals surface area contributed by atoms with E-state index in [2.05, 4.69) is 35.9 Å². The van der Waals surface area contributed by atoms with Crippen molar-refractivity contribution in [1.82, 2.24) is 9.97 Å². The van der Waals surface area contributed by atoms with Gasteiger partial charge in [-0.25, -0.2) is 4.98 Å². The van der Waals surface area contributed by atoms with E-state index in [4.69, 9.17) is 10.5 Å². The molecule has 0 atom stereocenters. The average Bonchev–Trinajstić information content (AvgIpc) is 2.41. The molecule has 1 heterocycles. The molecule has 0 aliphatic heterocycles. The van der Waals surface area contributed by atoms with Crippen molar-refractivity contribution in [1.29, 1.82) is 0 Å². The van der Waals surface area contributed by atoms with Crippen molar-refractivity contribution in [2.24, 2.45) is 0 Å². The van der Waals surface area contributed by atoms with Gasteiger partial charge in [0.15, 0.2) is 5.82 Å². The van der Waals surface area contributed by atoms with Crippen molar-refractivity contribution in [3.8, 4) is 5.88 Å². The summed E-state index contributed by atoms with van der Waals surface area (Å²) in [5.41, 5.74) is 8.75. The molecule has 5 heteroatoms. The highest BCUT2D eigenvalue weighted by Crippen LogP contribution is 2.32. The zero-order chi connectivity index (χ0) is 13.8. The highest BCUT2D eigenvalue weighted by Gasteiger charge is 2.15. The van der Waals surface area contributed by atoms with Gasteiger partial charge in [-0.2, -0.15) is 4.98 Å². The maximum Gasteiger partial charge on any atom is 0.242 e. The number of aromatic nitrogens is 2. The first kappa shape index (κ1) is 13.1. The van der Waals surface area contributed by atoms with Crippen LogP contribution in [0, 0.1) is 6.92 Å². The SMILES string of the molecule is CCN(c1cccc(C)c1)c1ncnc(OC)c1N. The zero-order valence-corrected chi connectivity index (χ0v) is 11.4. The van der Waals surface area contributed by atoms with Gasteiger partial charge in [-0.05, 0) is 31.5 Å². The third kappa shape index (κ3) is 2.59. The molecule has 0 bridgehead atoms. The Hall–Kier alpha value is -2.30. The van der Waals surface area contributed by atoms with Crippen molar-refractivity contribution in [2.75, 3.05) is 24.3 Å². The quantitative estimate of drug-likeness (QED) is 0.913. The maximum absolute atomic E-state index is 6.05. The fraction of sp³-hybridized carbons (Fsp3) is 0.286. The Balaban J connectivity index is 2.48. The van der Waals surface area contributed by atoms with E-state index < -0.39 is 0 Å². The minimum Gasteiger partial charge on any atom is -0.479 e. The number of hydrogen-bond acceptors (Lipinski definition) is 5. The lowest BCUT2D eigenvalue weighted by Gasteiger charge is -2.24. The Morgan fingerprint density at radius 3 is 2.74 bits per heavy atom. The smallest absolute Gasteiger partial charge is 0.242 e. The monoisotopic (exact) mass is 258 g/mol. The van der Waals surface area contributed by atoms with Gasteiger partial charge in [-0.3, -0.25) is 0 Å². The van der Waals surface area contributed by atoms with E-state index in [0.29, 0.717) is 17.4 Å². The summed E-state index contributed by atoms with van der Waals surface area (Å²) >= 11 is 0. The third-order valence-electron chi connectivity index (χ3n) is 2.90. The molecule has 0 spiro atoms. The van der Waals surface area contributed by atoms with Gasteiger partial charge in [0.2, 0.25) is 5.88 Å². The van der Waals surface area contributed by atoms with Crippen LogP contribution in [0.2, 0.25) is 0 Å². The van der Waals surface area contributed by atoms with Crippen LogP contribution in [-0.4, -0.2) is 23.6 Å². The molecule has 2 aromatic rings.